The highest BCUT2D eigenvalue weighted by atomic mass is 16.8. The number of nitrogens with one attached hydrogen (secondary N) is 3. The van der Waals surface area contributed by atoms with Gasteiger partial charge in [0.05, 0.1) is 57.9 Å². The molecule has 6 saturated heterocycles. The molecule has 6 heterocycles. The van der Waals surface area contributed by atoms with Crippen molar-refractivity contribution in [2.24, 2.45) is 0 Å². The maximum absolute atomic E-state index is 13.6. The molecule has 0 aromatic carbocycles. The monoisotopic (exact) mass is 1720 g/mol. The molecule has 6 fully saturated rings. The zero-order valence-electron chi connectivity index (χ0n) is 71.1. The molecule has 6 rings (SSSR count). The van der Waals surface area contributed by atoms with Gasteiger partial charge in [-0.2, -0.15) is 0 Å². The van der Waals surface area contributed by atoms with E-state index in [1.807, 2.05) is 6.08 Å². The van der Waals surface area contributed by atoms with E-state index in [2.05, 4.69) is 29.8 Å². The molecule has 696 valence electrons. The van der Waals surface area contributed by atoms with Crippen molar-refractivity contribution >= 4 is 17.7 Å². The number of carbonyl (C=O) groups excluding carboxylic acids is 3. The third-order valence-corrected chi connectivity index (χ3v) is 23.7. The van der Waals surface area contributed by atoms with Crippen LogP contribution in [-0.4, -0.2) is 340 Å². The lowest BCUT2D eigenvalue weighted by atomic mass is 9.93. The Morgan fingerprint density at radius 3 is 1.17 bits per heavy atom. The van der Waals surface area contributed by atoms with Gasteiger partial charge in [-0.15, -0.1) is 0 Å². The zero-order chi connectivity index (χ0) is 86.9. The second-order valence-electron chi connectivity index (χ2n) is 33.5. The van der Waals surface area contributed by atoms with E-state index in [0.717, 1.165) is 65.2 Å². The van der Waals surface area contributed by atoms with Crippen molar-refractivity contribution in [3.63, 3.8) is 0 Å². The first-order valence-electron chi connectivity index (χ1n) is 44.8. The van der Waals surface area contributed by atoms with Crippen LogP contribution in [0.25, 0.3) is 0 Å². The number of aliphatic hydroxyl groups is 17. The second kappa shape index (κ2) is 57.6. The molecule has 6 aliphatic rings. The number of hydrogen-bond acceptors (Lipinski definition) is 32. The fraction of sp³-hybridized carbons (Fsp3) is 0.940. The summed E-state index contributed by atoms with van der Waals surface area (Å²) < 4.78 is 72.5. The van der Waals surface area contributed by atoms with E-state index in [9.17, 15) is 101 Å². The summed E-state index contributed by atoms with van der Waals surface area (Å²) in [4.78, 5) is 39.2. The van der Waals surface area contributed by atoms with Crippen LogP contribution < -0.4 is 16.0 Å². The number of allylic oxidation sites excluding steroid dienone is 1. The fourth-order valence-corrected chi connectivity index (χ4v) is 16.4. The van der Waals surface area contributed by atoms with Gasteiger partial charge in [0, 0.05) is 20.3 Å². The number of rotatable bonds is 59. The summed E-state index contributed by atoms with van der Waals surface area (Å²) in [6.45, 7) is 2.32. The Morgan fingerprint density at radius 2 is 0.697 bits per heavy atom. The molecular formula is C84H153N3O32. The van der Waals surface area contributed by atoms with Crippen LogP contribution in [0.3, 0.4) is 0 Å². The van der Waals surface area contributed by atoms with Gasteiger partial charge in [-0.25, -0.2) is 0 Å². The smallest absolute Gasteiger partial charge is 0.220 e. The number of hydrogen-bond donors (Lipinski definition) is 20. The lowest BCUT2D eigenvalue weighted by molar-refractivity contribution is -0.402. The average Bonchev–Trinajstić information content (AvgIpc) is 0.768. The number of carbonyl (C=O) groups is 3. The van der Waals surface area contributed by atoms with Gasteiger partial charge in [-0.1, -0.05) is 231 Å². The summed E-state index contributed by atoms with van der Waals surface area (Å²) in [6.07, 6.45) is -9.21. The molecule has 32 atom stereocenters. The van der Waals surface area contributed by atoms with Crippen molar-refractivity contribution in [1.82, 2.24) is 16.0 Å². The van der Waals surface area contributed by atoms with Crippen LogP contribution in [0.15, 0.2) is 12.2 Å². The maximum atomic E-state index is 13.6. The highest BCUT2D eigenvalue weighted by Gasteiger charge is 2.59. The molecule has 0 bridgehead atoms. The van der Waals surface area contributed by atoms with E-state index < -0.39 is 248 Å². The maximum Gasteiger partial charge on any atom is 0.220 e. The van der Waals surface area contributed by atoms with Crippen LogP contribution >= 0.6 is 0 Å². The highest BCUT2D eigenvalue weighted by Crippen LogP contribution is 2.39. The predicted molar refractivity (Wildman–Crippen MR) is 429 cm³/mol. The summed E-state index contributed by atoms with van der Waals surface area (Å²) in [6, 6.07) is -4.63. The van der Waals surface area contributed by atoms with Gasteiger partial charge in [0.1, 0.15) is 140 Å². The summed E-state index contributed by atoms with van der Waals surface area (Å²) in [5.41, 5.74) is 0. The van der Waals surface area contributed by atoms with Crippen molar-refractivity contribution in [3.05, 3.63) is 12.2 Å². The van der Waals surface area contributed by atoms with E-state index in [-0.39, 0.29) is 12.3 Å². The van der Waals surface area contributed by atoms with Crippen molar-refractivity contribution in [3.8, 4) is 0 Å². The normalized spacial score (nSPS) is 35.7. The molecular weight excluding hydrogens is 1560 g/mol. The lowest BCUT2D eigenvalue weighted by Crippen LogP contribution is -2.71. The van der Waals surface area contributed by atoms with E-state index in [1.54, 1.807) is 6.08 Å². The van der Waals surface area contributed by atoms with Gasteiger partial charge in [-0.3, -0.25) is 14.4 Å². The number of unbranched alkanes of at least 4 members (excludes halogenated alkanes) is 33. The Kier molecular flexibility index (Phi) is 50.8. The van der Waals surface area contributed by atoms with E-state index in [0.29, 0.717) is 12.8 Å². The summed E-state index contributed by atoms with van der Waals surface area (Å²) in [5.74, 6) is -2.01. The largest absolute Gasteiger partial charge is 0.394 e. The molecule has 0 radical (unpaired) electrons. The molecule has 0 aromatic heterocycles. The minimum Gasteiger partial charge on any atom is -0.394 e. The van der Waals surface area contributed by atoms with Crippen molar-refractivity contribution in [1.29, 1.82) is 0 Å². The molecule has 0 saturated carbocycles. The van der Waals surface area contributed by atoms with E-state index in [1.165, 1.54) is 167 Å². The van der Waals surface area contributed by atoms with Crippen LogP contribution in [0, 0.1) is 0 Å². The summed E-state index contributed by atoms with van der Waals surface area (Å²) in [5, 5.41) is 199. The molecule has 12 unspecified atom stereocenters. The minimum atomic E-state index is -2.22. The summed E-state index contributed by atoms with van der Waals surface area (Å²) in [7, 11) is 0. The van der Waals surface area contributed by atoms with E-state index in [4.69, 9.17) is 56.8 Å². The first-order valence-corrected chi connectivity index (χ1v) is 44.8. The number of aliphatic hydroxyl groups excluding tert-OH is 17. The van der Waals surface area contributed by atoms with E-state index >= 15 is 0 Å². The van der Waals surface area contributed by atoms with Gasteiger partial charge in [0.15, 0.2) is 37.7 Å². The highest BCUT2D eigenvalue weighted by molar-refractivity contribution is 5.76. The Hall–Kier alpha value is -3.01. The molecule has 119 heavy (non-hydrogen) atoms. The molecule has 0 aromatic rings. The van der Waals surface area contributed by atoms with Crippen LogP contribution in [-0.2, 0) is 71.2 Å². The third kappa shape index (κ3) is 33.9. The van der Waals surface area contributed by atoms with Crippen molar-refractivity contribution < 1.29 is 158 Å². The molecule has 35 nitrogen and oxygen atoms in total. The quantitative estimate of drug-likeness (QED) is 0.0304. The molecule has 3 amide bonds. The fourth-order valence-electron chi connectivity index (χ4n) is 16.4. The predicted octanol–water partition coefficient (Wildman–Crippen LogP) is 1.72. The van der Waals surface area contributed by atoms with Crippen molar-refractivity contribution in [2.45, 2.75) is 462 Å². The van der Waals surface area contributed by atoms with Gasteiger partial charge in [-0.05, 0) is 26.2 Å². The zero-order valence-corrected chi connectivity index (χ0v) is 71.1. The molecule has 20 N–H and O–H groups in total. The number of amides is 3. The van der Waals surface area contributed by atoms with Gasteiger partial charge >= 0.3 is 0 Å². The lowest BCUT2D eigenvalue weighted by Gasteiger charge is -2.51. The first kappa shape index (κ1) is 105. The minimum absolute atomic E-state index is 0.175. The van der Waals surface area contributed by atoms with Crippen LogP contribution in [0.1, 0.15) is 266 Å². The topological polar surface area (TPSA) is 542 Å². The van der Waals surface area contributed by atoms with Gasteiger partial charge in [0.25, 0.3) is 0 Å². The molecule has 35 heteroatoms. The Labute approximate surface area is 702 Å². The summed E-state index contributed by atoms with van der Waals surface area (Å²) >= 11 is 0. The van der Waals surface area contributed by atoms with Crippen LogP contribution in [0.2, 0.25) is 0 Å². The standard InChI is InChI=1S/C84H153N3O32/c1-6-8-10-12-14-16-18-20-21-22-23-24-25-26-27-28-29-31-33-35-37-39-41-43-60(96)87-53(54(95)42-40-38-36-34-32-30-19-17-15-13-11-9-7-2)49-108-81-72(106)70(104)75(59(48-92)114-81)115-83-73(107)76(65(99)56(45-89)111-83)117-80-62(86-52(5)94)68(102)74(58(47-91)113-80)116-84-78(119-82-71(105)69(103)63(97)50(3)109-82)77(66(100)57(46-90)112-84)118-79-61(85-51(4)93)67(101)64(98)55(44-88)110-79/h40,42,50,53-59,61-84,88-92,95,97-107H,6-39,41,43-49H2,1-5H3,(H,85,93)(H,86,94)(H,87,96)/b42-40+/t50?,53-,54+,55?,56?,57?,58?,59?,61?,62?,63+,64-,65-,66-,67+,68+,69?,70+,71-,72?,73?,74+,75+,76-,77-,78?,79+,80-,81+,82+,83-,84-/m0/s1. The van der Waals surface area contributed by atoms with Gasteiger partial charge in [0.2, 0.25) is 17.7 Å². The van der Waals surface area contributed by atoms with Crippen LogP contribution in [0.5, 0.6) is 0 Å². The SMILES string of the molecule is CCCCCCCCCCCCC/C=C/[C@@H](O)[C@H](CO[C@@H]1OC(CO)[C@@H](O[C@@H]2OC(CO)[C@H](O)[C@H](O[C@@H]3OC(CO)[C@@H](O[C@@H]4OC(CO)[C@H](O)[C@H](O[C@H]5OC(CO)[C@H](O)[C@H](O)C5NC(C)=O)C4O[C@H]4OC(C)[C@@H](O)C(O)[C@@H]4O)[C@H](O)C3NC(C)=O)C2O)[C@H](O)C1O)NC(=O)CCCCCCCCCCCCCCCCCCCCCCCCC. The Morgan fingerprint density at radius 1 is 0.345 bits per heavy atom. The Bertz CT molecular complexity index is 2730. The van der Waals surface area contributed by atoms with Gasteiger partial charge < -0.3 is 160 Å². The Balaban J connectivity index is 1.08. The second-order valence-corrected chi connectivity index (χ2v) is 33.5. The number of ether oxygens (including phenoxy) is 12. The molecule has 0 aliphatic carbocycles. The molecule has 6 aliphatic heterocycles. The third-order valence-electron chi connectivity index (χ3n) is 23.7. The van der Waals surface area contributed by atoms with Crippen molar-refractivity contribution in [2.75, 3.05) is 39.6 Å². The molecule has 0 spiro atoms. The average molecular weight is 1720 g/mol. The first-order chi connectivity index (χ1) is 57.3. The van der Waals surface area contributed by atoms with Crippen LogP contribution in [0.4, 0.5) is 0 Å².